The summed E-state index contributed by atoms with van der Waals surface area (Å²) in [5.41, 5.74) is 1.63. The molecule has 0 bridgehead atoms. The second-order valence-electron chi connectivity index (χ2n) is 8.88. The van der Waals surface area contributed by atoms with E-state index < -0.39 is 45.1 Å². The zero-order chi connectivity index (χ0) is 29.0. The molecule has 0 unspecified atom stereocenters. The van der Waals surface area contributed by atoms with Gasteiger partial charge >= 0.3 is 11.9 Å². The maximum absolute atomic E-state index is 12.7. The van der Waals surface area contributed by atoms with Gasteiger partial charge in [-0.05, 0) is 56.4 Å². The average Bonchev–Trinajstić information content (AvgIpc) is 3.39. The SMILES string of the molecule is CCOC(=O)Cn1c(=NC(=O)CS(=O)(=O)CC(=O)Nc2sc3c(c2C(=O)OC)CCCC3)sc2cc(Cl)ccc21. The third-order valence-corrected chi connectivity index (χ3v) is 9.84. The number of amides is 2. The van der Waals surface area contributed by atoms with Crippen LogP contribution in [0, 0.1) is 0 Å². The van der Waals surface area contributed by atoms with E-state index in [1.165, 1.54) is 23.0 Å². The van der Waals surface area contributed by atoms with Crippen LogP contribution in [0.4, 0.5) is 5.00 Å². The summed E-state index contributed by atoms with van der Waals surface area (Å²) in [6.45, 7) is 1.57. The van der Waals surface area contributed by atoms with Crippen LogP contribution in [0.5, 0.6) is 0 Å². The van der Waals surface area contributed by atoms with E-state index in [0.29, 0.717) is 21.7 Å². The van der Waals surface area contributed by atoms with Crippen LogP contribution in [0.1, 0.15) is 40.6 Å². The summed E-state index contributed by atoms with van der Waals surface area (Å²) in [7, 11) is -2.99. The van der Waals surface area contributed by atoms with Crippen molar-refractivity contribution in [3.8, 4) is 0 Å². The Balaban J connectivity index is 1.52. The van der Waals surface area contributed by atoms with Crippen LogP contribution in [0.15, 0.2) is 23.2 Å². The van der Waals surface area contributed by atoms with Crippen molar-refractivity contribution >= 4 is 83.1 Å². The number of carbonyl (C=O) groups is 4. The van der Waals surface area contributed by atoms with Gasteiger partial charge in [0.05, 0.1) is 29.5 Å². The molecule has 0 aliphatic heterocycles. The zero-order valence-electron chi connectivity index (χ0n) is 21.7. The van der Waals surface area contributed by atoms with E-state index in [0.717, 1.165) is 41.0 Å². The molecule has 1 aliphatic carbocycles. The molecule has 40 heavy (non-hydrogen) atoms. The van der Waals surface area contributed by atoms with Crippen LogP contribution in [-0.2, 0) is 53.1 Å². The van der Waals surface area contributed by atoms with Gasteiger partial charge in [-0.15, -0.1) is 11.3 Å². The fraction of sp³-hybridized carbons (Fsp3) is 0.400. The number of hydrogen-bond acceptors (Lipinski definition) is 10. The van der Waals surface area contributed by atoms with Crippen molar-refractivity contribution in [1.82, 2.24) is 4.57 Å². The Morgan fingerprint density at radius 3 is 2.60 bits per heavy atom. The van der Waals surface area contributed by atoms with E-state index in [-0.39, 0.29) is 28.5 Å². The van der Waals surface area contributed by atoms with Crippen molar-refractivity contribution in [1.29, 1.82) is 0 Å². The minimum atomic E-state index is -4.23. The predicted molar refractivity (Wildman–Crippen MR) is 152 cm³/mol. The summed E-state index contributed by atoms with van der Waals surface area (Å²) in [4.78, 5) is 54.9. The van der Waals surface area contributed by atoms with Gasteiger partial charge in [-0.25, -0.2) is 13.2 Å². The number of methoxy groups -OCH3 is 1. The molecule has 2 heterocycles. The number of halogens is 1. The number of aryl methyl sites for hydroxylation is 1. The lowest BCUT2D eigenvalue weighted by Crippen LogP contribution is -2.29. The van der Waals surface area contributed by atoms with E-state index in [2.05, 4.69) is 10.3 Å². The molecule has 0 saturated carbocycles. The number of ether oxygens (including phenoxy) is 2. The Bertz CT molecular complexity index is 1670. The maximum Gasteiger partial charge on any atom is 0.341 e. The molecule has 214 valence electrons. The molecule has 1 aromatic carbocycles. The normalized spacial score (nSPS) is 13.6. The molecule has 0 radical (unpaired) electrons. The molecule has 2 aromatic heterocycles. The maximum atomic E-state index is 12.7. The summed E-state index contributed by atoms with van der Waals surface area (Å²) in [6, 6.07) is 4.91. The fourth-order valence-corrected chi connectivity index (χ4v) is 7.96. The van der Waals surface area contributed by atoms with Gasteiger partial charge in [0, 0.05) is 9.90 Å². The second-order valence-corrected chi connectivity index (χ2v) is 13.5. The molecule has 4 rings (SSSR count). The van der Waals surface area contributed by atoms with Crippen molar-refractivity contribution in [2.75, 3.05) is 30.5 Å². The molecular formula is C25H26ClN3O8S3. The fourth-order valence-electron chi connectivity index (χ4n) is 4.33. The van der Waals surface area contributed by atoms with Crippen LogP contribution in [0.2, 0.25) is 5.02 Å². The lowest BCUT2D eigenvalue weighted by atomic mass is 9.95. The number of aromatic nitrogens is 1. The number of rotatable bonds is 9. The molecule has 11 nitrogen and oxygen atoms in total. The first kappa shape index (κ1) is 29.9. The van der Waals surface area contributed by atoms with Gasteiger partial charge < -0.3 is 19.4 Å². The average molecular weight is 628 g/mol. The first-order valence-electron chi connectivity index (χ1n) is 12.3. The number of benzene rings is 1. The number of esters is 2. The van der Waals surface area contributed by atoms with Gasteiger partial charge in [-0.3, -0.25) is 14.4 Å². The second kappa shape index (κ2) is 12.6. The number of anilines is 1. The highest BCUT2D eigenvalue weighted by atomic mass is 35.5. The van der Waals surface area contributed by atoms with Crippen molar-refractivity contribution < 1.29 is 37.1 Å². The lowest BCUT2D eigenvalue weighted by Gasteiger charge is -2.11. The highest BCUT2D eigenvalue weighted by Crippen LogP contribution is 2.38. The molecule has 0 spiro atoms. The highest BCUT2D eigenvalue weighted by molar-refractivity contribution is 7.92. The largest absolute Gasteiger partial charge is 0.465 e. The summed E-state index contributed by atoms with van der Waals surface area (Å²) in [6.07, 6.45) is 3.27. The summed E-state index contributed by atoms with van der Waals surface area (Å²) >= 11 is 8.35. The predicted octanol–water partition coefficient (Wildman–Crippen LogP) is 3.13. The molecule has 2 amide bonds. The minimum absolute atomic E-state index is 0.0851. The van der Waals surface area contributed by atoms with E-state index in [1.807, 2.05) is 0 Å². The Labute approximate surface area is 242 Å². The van der Waals surface area contributed by atoms with Gasteiger partial charge in [0.2, 0.25) is 5.91 Å². The van der Waals surface area contributed by atoms with E-state index in [4.69, 9.17) is 21.1 Å². The number of sulfone groups is 1. The third-order valence-electron chi connectivity index (χ3n) is 5.97. The first-order chi connectivity index (χ1) is 19.0. The lowest BCUT2D eigenvalue weighted by molar-refractivity contribution is -0.143. The number of hydrogen-bond donors (Lipinski definition) is 1. The molecule has 3 aromatic rings. The quantitative estimate of drug-likeness (QED) is 0.356. The topological polar surface area (TPSA) is 150 Å². The van der Waals surface area contributed by atoms with Gasteiger partial charge in [-0.2, -0.15) is 4.99 Å². The smallest absolute Gasteiger partial charge is 0.341 e. The van der Waals surface area contributed by atoms with Crippen molar-refractivity contribution in [2.24, 2.45) is 4.99 Å². The molecule has 0 fully saturated rings. The van der Waals surface area contributed by atoms with Crippen LogP contribution < -0.4 is 10.1 Å². The zero-order valence-corrected chi connectivity index (χ0v) is 24.9. The van der Waals surface area contributed by atoms with Gasteiger partial charge in [-0.1, -0.05) is 22.9 Å². The van der Waals surface area contributed by atoms with Gasteiger partial charge in [0.1, 0.15) is 23.1 Å². The standard InChI is InChI=1S/C25H26ClN3O8S3/c1-3-37-21(32)11-29-16-9-8-14(26)10-18(16)39-25(29)28-20(31)13-40(34,35)12-19(30)27-23-22(24(33)36-2)15-6-4-5-7-17(15)38-23/h8-10H,3-7,11-13H2,1-2H3,(H,27,30). The van der Waals surface area contributed by atoms with Crippen LogP contribution in [-0.4, -0.2) is 62.0 Å². The molecule has 0 atom stereocenters. The van der Waals surface area contributed by atoms with E-state index >= 15 is 0 Å². The number of nitrogens with zero attached hydrogens (tertiary/aromatic N) is 2. The van der Waals surface area contributed by atoms with E-state index in [9.17, 15) is 27.6 Å². The number of nitrogens with one attached hydrogen (secondary N) is 1. The Morgan fingerprint density at radius 2 is 1.88 bits per heavy atom. The molecular weight excluding hydrogens is 602 g/mol. The van der Waals surface area contributed by atoms with Crippen molar-refractivity contribution in [3.05, 3.63) is 44.0 Å². The Hall–Kier alpha value is -3.07. The molecule has 1 aliphatic rings. The number of thiazole rings is 1. The summed E-state index contributed by atoms with van der Waals surface area (Å²) < 4.78 is 37.4. The van der Waals surface area contributed by atoms with Crippen molar-refractivity contribution in [3.63, 3.8) is 0 Å². The number of carbonyl (C=O) groups excluding carboxylic acids is 4. The Morgan fingerprint density at radius 1 is 1.12 bits per heavy atom. The van der Waals surface area contributed by atoms with Gasteiger partial charge in [0.25, 0.3) is 5.91 Å². The summed E-state index contributed by atoms with van der Waals surface area (Å²) in [5, 5.41) is 3.19. The molecule has 15 heteroatoms. The Kier molecular flexibility index (Phi) is 9.44. The minimum Gasteiger partial charge on any atom is -0.465 e. The van der Waals surface area contributed by atoms with Crippen LogP contribution in [0.25, 0.3) is 10.2 Å². The van der Waals surface area contributed by atoms with Crippen molar-refractivity contribution in [2.45, 2.75) is 39.2 Å². The van der Waals surface area contributed by atoms with Crippen LogP contribution in [0.3, 0.4) is 0 Å². The molecule has 0 saturated heterocycles. The monoisotopic (exact) mass is 627 g/mol. The van der Waals surface area contributed by atoms with E-state index in [1.54, 1.807) is 25.1 Å². The van der Waals surface area contributed by atoms with Gasteiger partial charge in [0.15, 0.2) is 14.6 Å². The van der Waals surface area contributed by atoms with Crippen LogP contribution >= 0.6 is 34.3 Å². The highest BCUT2D eigenvalue weighted by Gasteiger charge is 2.28. The number of fused-ring (bicyclic) bond motifs is 2. The third kappa shape index (κ3) is 6.97. The molecule has 1 N–H and O–H groups in total. The summed E-state index contributed by atoms with van der Waals surface area (Å²) in [5.74, 6) is -5.07. The first-order valence-corrected chi connectivity index (χ1v) is 16.1. The number of thiophene rings is 1.